The highest BCUT2D eigenvalue weighted by Gasteiger charge is 2.19. The highest BCUT2D eigenvalue weighted by atomic mass is 16.3. The molecule has 0 aromatic carbocycles. The van der Waals surface area contributed by atoms with Gasteiger partial charge in [-0.3, -0.25) is 0 Å². The molecule has 2 heteroatoms. The van der Waals surface area contributed by atoms with Gasteiger partial charge in [0.2, 0.25) is 0 Å². The number of aliphatic hydroxyl groups is 1. The molecule has 0 aromatic heterocycles. The minimum atomic E-state index is 0.364. The minimum absolute atomic E-state index is 0.364. The van der Waals surface area contributed by atoms with E-state index in [2.05, 4.69) is 12.2 Å². The van der Waals surface area contributed by atoms with Crippen LogP contribution in [0.1, 0.15) is 13.3 Å². The Morgan fingerprint density at radius 3 is 2.89 bits per heavy atom. The molecule has 0 amide bonds. The van der Waals surface area contributed by atoms with Crippen LogP contribution in [0.25, 0.3) is 0 Å². The second-order valence-corrected chi connectivity index (χ2v) is 2.91. The fraction of sp³-hybridized carbons (Fsp3) is 1.00. The highest BCUT2D eigenvalue weighted by molar-refractivity contribution is 4.73. The van der Waals surface area contributed by atoms with Crippen LogP contribution in [0.3, 0.4) is 0 Å². The van der Waals surface area contributed by atoms with Gasteiger partial charge in [-0.15, -0.1) is 0 Å². The first-order valence-corrected chi connectivity index (χ1v) is 3.66. The zero-order valence-electron chi connectivity index (χ0n) is 5.93. The smallest absolute Gasteiger partial charge is 0.0462 e. The summed E-state index contributed by atoms with van der Waals surface area (Å²) in [7, 11) is 0. The van der Waals surface area contributed by atoms with Gasteiger partial charge in [0, 0.05) is 6.61 Å². The van der Waals surface area contributed by atoms with Crippen LogP contribution in [0.2, 0.25) is 0 Å². The average molecular weight is 129 g/mol. The Balaban J connectivity index is 2.30. The summed E-state index contributed by atoms with van der Waals surface area (Å²) in [4.78, 5) is 0. The maximum absolute atomic E-state index is 8.83. The maximum Gasteiger partial charge on any atom is 0.0462 e. The molecule has 1 fully saturated rings. The molecule has 9 heavy (non-hydrogen) atoms. The largest absolute Gasteiger partial charge is 0.396 e. The van der Waals surface area contributed by atoms with E-state index in [1.54, 1.807) is 0 Å². The van der Waals surface area contributed by atoms with Crippen LogP contribution in [-0.4, -0.2) is 24.8 Å². The van der Waals surface area contributed by atoms with Crippen LogP contribution >= 0.6 is 0 Å². The van der Waals surface area contributed by atoms with Gasteiger partial charge in [0.25, 0.3) is 0 Å². The zero-order valence-corrected chi connectivity index (χ0v) is 5.93. The molecule has 1 aliphatic heterocycles. The lowest BCUT2D eigenvalue weighted by Crippen LogP contribution is -2.36. The summed E-state index contributed by atoms with van der Waals surface area (Å²) < 4.78 is 0. The fourth-order valence-corrected chi connectivity index (χ4v) is 1.34. The van der Waals surface area contributed by atoms with Gasteiger partial charge in [-0.1, -0.05) is 6.92 Å². The summed E-state index contributed by atoms with van der Waals surface area (Å²) in [5, 5.41) is 12.1. The van der Waals surface area contributed by atoms with Crippen molar-refractivity contribution in [1.82, 2.24) is 5.32 Å². The molecule has 0 bridgehead atoms. The predicted octanol–water partition coefficient (Wildman–Crippen LogP) is 0.224. The molecule has 1 heterocycles. The molecule has 2 nitrogen and oxygen atoms in total. The standard InChI is InChI=1S/C7H15NO/c1-6-4-8-3-2-7(6)5-9/h6-9H,2-5H2,1H3/t6-,7-/m1/s1. The number of nitrogens with one attached hydrogen (secondary N) is 1. The van der Waals surface area contributed by atoms with Crippen LogP contribution in [0.4, 0.5) is 0 Å². The summed E-state index contributed by atoms with van der Waals surface area (Å²) >= 11 is 0. The molecular formula is C7H15NO. The Morgan fingerprint density at radius 1 is 1.67 bits per heavy atom. The van der Waals surface area contributed by atoms with Gasteiger partial charge in [-0.2, -0.15) is 0 Å². The van der Waals surface area contributed by atoms with Crippen LogP contribution in [-0.2, 0) is 0 Å². The van der Waals surface area contributed by atoms with Crippen LogP contribution < -0.4 is 5.32 Å². The Hall–Kier alpha value is -0.0800. The van der Waals surface area contributed by atoms with E-state index >= 15 is 0 Å². The quantitative estimate of drug-likeness (QED) is 0.531. The topological polar surface area (TPSA) is 32.3 Å². The van der Waals surface area contributed by atoms with E-state index in [0.29, 0.717) is 18.4 Å². The SMILES string of the molecule is C[C@@H]1CNCC[C@@H]1CO. The molecule has 1 aliphatic rings. The van der Waals surface area contributed by atoms with Crippen LogP contribution in [0.15, 0.2) is 0 Å². The lowest BCUT2D eigenvalue weighted by molar-refractivity contribution is 0.153. The van der Waals surface area contributed by atoms with Crippen molar-refractivity contribution in [1.29, 1.82) is 0 Å². The monoisotopic (exact) mass is 129 g/mol. The maximum atomic E-state index is 8.83. The van der Waals surface area contributed by atoms with E-state index in [-0.39, 0.29) is 0 Å². The number of rotatable bonds is 1. The molecule has 0 radical (unpaired) electrons. The fourth-order valence-electron chi connectivity index (χ4n) is 1.34. The van der Waals surface area contributed by atoms with E-state index in [4.69, 9.17) is 5.11 Å². The van der Waals surface area contributed by atoms with E-state index < -0.39 is 0 Å². The highest BCUT2D eigenvalue weighted by Crippen LogP contribution is 2.16. The number of hydrogen-bond acceptors (Lipinski definition) is 2. The normalized spacial score (nSPS) is 36.7. The summed E-state index contributed by atoms with van der Waals surface area (Å²) in [5.41, 5.74) is 0. The summed E-state index contributed by atoms with van der Waals surface area (Å²) in [5.74, 6) is 1.20. The molecule has 54 valence electrons. The molecular weight excluding hydrogens is 114 g/mol. The molecule has 1 saturated heterocycles. The van der Waals surface area contributed by atoms with E-state index in [0.717, 1.165) is 19.5 Å². The van der Waals surface area contributed by atoms with Crippen molar-refractivity contribution in [3.05, 3.63) is 0 Å². The van der Waals surface area contributed by atoms with Gasteiger partial charge in [0.1, 0.15) is 0 Å². The number of aliphatic hydroxyl groups excluding tert-OH is 1. The van der Waals surface area contributed by atoms with Crippen molar-refractivity contribution in [2.24, 2.45) is 11.8 Å². The molecule has 2 atom stereocenters. The molecule has 2 N–H and O–H groups in total. The Morgan fingerprint density at radius 2 is 2.44 bits per heavy atom. The van der Waals surface area contributed by atoms with Gasteiger partial charge in [0.05, 0.1) is 0 Å². The van der Waals surface area contributed by atoms with E-state index in [1.165, 1.54) is 0 Å². The first kappa shape index (κ1) is 7.03. The van der Waals surface area contributed by atoms with Crippen LogP contribution in [0, 0.1) is 11.8 Å². The lowest BCUT2D eigenvalue weighted by Gasteiger charge is -2.27. The van der Waals surface area contributed by atoms with Crippen molar-refractivity contribution in [2.45, 2.75) is 13.3 Å². The second-order valence-electron chi connectivity index (χ2n) is 2.91. The van der Waals surface area contributed by atoms with Crippen molar-refractivity contribution < 1.29 is 5.11 Å². The van der Waals surface area contributed by atoms with E-state index in [1.807, 2.05) is 0 Å². The minimum Gasteiger partial charge on any atom is -0.396 e. The van der Waals surface area contributed by atoms with Gasteiger partial charge < -0.3 is 10.4 Å². The second kappa shape index (κ2) is 3.18. The molecule has 0 aliphatic carbocycles. The third-order valence-corrected chi connectivity index (χ3v) is 2.20. The predicted molar refractivity (Wildman–Crippen MR) is 37.2 cm³/mol. The lowest BCUT2D eigenvalue weighted by atomic mass is 9.89. The third kappa shape index (κ3) is 1.66. The van der Waals surface area contributed by atoms with Gasteiger partial charge in [-0.25, -0.2) is 0 Å². The molecule has 1 rings (SSSR count). The summed E-state index contributed by atoms with van der Waals surface area (Å²) in [6.45, 7) is 4.71. The van der Waals surface area contributed by atoms with Crippen molar-refractivity contribution in [3.63, 3.8) is 0 Å². The third-order valence-electron chi connectivity index (χ3n) is 2.20. The molecule has 0 unspecified atom stereocenters. The van der Waals surface area contributed by atoms with E-state index in [9.17, 15) is 0 Å². The molecule has 0 aromatic rings. The number of hydrogen-bond donors (Lipinski definition) is 2. The van der Waals surface area contributed by atoms with Crippen molar-refractivity contribution >= 4 is 0 Å². The van der Waals surface area contributed by atoms with Crippen molar-refractivity contribution in [3.8, 4) is 0 Å². The van der Waals surface area contributed by atoms with Crippen molar-refractivity contribution in [2.75, 3.05) is 19.7 Å². The van der Waals surface area contributed by atoms with Gasteiger partial charge >= 0.3 is 0 Å². The van der Waals surface area contributed by atoms with Gasteiger partial charge in [0.15, 0.2) is 0 Å². The molecule has 0 spiro atoms. The Bertz CT molecular complexity index is 85.0. The van der Waals surface area contributed by atoms with Crippen LogP contribution in [0.5, 0.6) is 0 Å². The first-order valence-electron chi connectivity index (χ1n) is 3.66. The Labute approximate surface area is 56.3 Å². The van der Waals surface area contributed by atoms with Gasteiger partial charge in [-0.05, 0) is 31.3 Å². The average Bonchev–Trinajstić information content (AvgIpc) is 1.89. The first-order chi connectivity index (χ1) is 4.34. The number of piperidine rings is 1. The zero-order chi connectivity index (χ0) is 6.69. The Kier molecular flexibility index (Phi) is 2.49. The molecule has 0 saturated carbocycles. The summed E-state index contributed by atoms with van der Waals surface area (Å²) in [6, 6.07) is 0. The summed E-state index contributed by atoms with van der Waals surface area (Å²) in [6.07, 6.45) is 1.14.